The van der Waals surface area contributed by atoms with Crippen LogP contribution in [-0.2, 0) is 19.5 Å². The highest BCUT2D eigenvalue weighted by Crippen LogP contribution is 2.35. The summed E-state index contributed by atoms with van der Waals surface area (Å²) in [5.41, 5.74) is 12.3. The van der Waals surface area contributed by atoms with Crippen LogP contribution >= 0.6 is 0 Å². The van der Waals surface area contributed by atoms with E-state index in [4.69, 9.17) is 19.9 Å². The van der Waals surface area contributed by atoms with E-state index in [0.717, 1.165) is 89.2 Å². The molecule has 0 bridgehead atoms. The molecule has 2 aliphatic rings. The van der Waals surface area contributed by atoms with Gasteiger partial charge < -0.3 is 10.4 Å². The summed E-state index contributed by atoms with van der Waals surface area (Å²) in [6.07, 6.45) is 11.7. The van der Waals surface area contributed by atoms with Gasteiger partial charge in [0.15, 0.2) is 5.82 Å². The van der Waals surface area contributed by atoms with Crippen LogP contribution in [0.15, 0.2) is 85.5 Å². The molecule has 1 atom stereocenters. The van der Waals surface area contributed by atoms with Gasteiger partial charge in [-0.15, -0.1) is 0 Å². The lowest BCUT2D eigenvalue weighted by atomic mass is 9.91. The molecule has 0 spiro atoms. The Hall–Kier alpha value is -4.76. The standard InChI is InChI=1S/C41H43N7O/c1-27-31(21-38-39-32(11-14-42-38)19-29(22-44-39)24-47-16-3-4-17-47)7-5-8-35(27)36-9-6-10-37(28(36)2)46-41-40-33(12-15-43-41)20-30(23-45-40)25-48-18-13-34(49)26-48/h5-12,14-15,19-20,22-23,34,49H,3-4,13,16-18,21,24-26H2,1-2H3,(H,43,46)/t34-/m1/s1. The van der Waals surface area contributed by atoms with Gasteiger partial charge in [0.2, 0.25) is 0 Å². The number of nitrogens with zero attached hydrogens (tertiary/aromatic N) is 6. The Balaban J connectivity index is 1.04. The van der Waals surface area contributed by atoms with Crippen molar-refractivity contribution >= 4 is 33.3 Å². The van der Waals surface area contributed by atoms with Crippen LogP contribution < -0.4 is 5.32 Å². The number of nitrogens with one attached hydrogen (secondary N) is 1. The third-order valence-electron chi connectivity index (χ3n) is 10.3. The number of pyridine rings is 4. The molecule has 8 nitrogen and oxygen atoms in total. The first-order valence-corrected chi connectivity index (χ1v) is 17.5. The Morgan fingerprint density at radius 2 is 1.41 bits per heavy atom. The first kappa shape index (κ1) is 31.5. The third-order valence-corrected chi connectivity index (χ3v) is 10.3. The molecule has 6 aromatic rings. The van der Waals surface area contributed by atoms with E-state index in [-0.39, 0.29) is 6.10 Å². The lowest BCUT2D eigenvalue weighted by Gasteiger charge is -2.18. The molecule has 248 valence electrons. The molecule has 4 aromatic heterocycles. The van der Waals surface area contributed by atoms with Crippen LogP contribution in [0.25, 0.3) is 32.9 Å². The maximum Gasteiger partial charge on any atom is 0.156 e. The largest absolute Gasteiger partial charge is 0.392 e. The van der Waals surface area contributed by atoms with E-state index in [1.54, 1.807) is 0 Å². The summed E-state index contributed by atoms with van der Waals surface area (Å²) >= 11 is 0. The van der Waals surface area contributed by atoms with Crippen LogP contribution in [0.4, 0.5) is 11.5 Å². The zero-order chi connectivity index (χ0) is 33.3. The summed E-state index contributed by atoms with van der Waals surface area (Å²) in [6, 6.07) is 21.6. The highest BCUT2D eigenvalue weighted by atomic mass is 16.3. The number of β-amino-alcohol motifs (C(OH)–C–C–N with tert-alkyl or cyclic N) is 1. The molecule has 0 radical (unpaired) electrons. The average Bonchev–Trinajstić information content (AvgIpc) is 3.78. The van der Waals surface area contributed by atoms with Crippen LogP contribution in [-0.4, -0.2) is 67.1 Å². The van der Waals surface area contributed by atoms with Crippen molar-refractivity contribution in [3.63, 3.8) is 0 Å². The minimum absolute atomic E-state index is 0.227. The first-order valence-electron chi connectivity index (χ1n) is 17.5. The van der Waals surface area contributed by atoms with Gasteiger partial charge in [-0.25, -0.2) is 4.98 Å². The molecule has 8 rings (SSSR count). The monoisotopic (exact) mass is 649 g/mol. The molecule has 0 amide bonds. The van der Waals surface area contributed by atoms with Gasteiger partial charge in [0.05, 0.1) is 17.3 Å². The van der Waals surface area contributed by atoms with Gasteiger partial charge in [-0.05, 0) is 115 Å². The molecule has 0 saturated carbocycles. The van der Waals surface area contributed by atoms with Crippen molar-refractivity contribution in [1.82, 2.24) is 29.7 Å². The predicted octanol–water partition coefficient (Wildman–Crippen LogP) is 7.35. The molecule has 8 heteroatoms. The molecular weight excluding hydrogens is 606 g/mol. The summed E-state index contributed by atoms with van der Waals surface area (Å²) in [6.45, 7) is 10.1. The molecule has 2 saturated heterocycles. The van der Waals surface area contributed by atoms with Gasteiger partial charge in [0.25, 0.3) is 0 Å². The zero-order valence-corrected chi connectivity index (χ0v) is 28.4. The maximum absolute atomic E-state index is 9.93. The molecule has 2 N–H and O–H groups in total. The number of hydrogen-bond acceptors (Lipinski definition) is 8. The fourth-order valence-electron chi connectivity index (χ4n) is 7.61. The van der Waals surface area contributed by atoms with Crippen LogP contribution in [0, 0.1) is 13.8 Å². The fourth-order valence-corrected chi connectivity index (χ4v) is 7.61. The fraction of sp³-hybridized carbons (Fsp3) is 0.317. The first-order chi connectivity index (χ1) is 24.0. The topological polar surface area (TPSA) is 90.3 Å². The van der Waals surface area contributed by atoms with Crippen molar-refractivity contribution in [3.8, 4) is 11.1 Å². The van der Waals surface area contributed by atoms with E-state index >= 15 is 0 Å². The number of hydrogen-bond donors (Lipinski definition) is 2. The average molecular weight is 650 g/mol. The van der Waals surface area contributed by atoms with Crippen molar-refractivity contribution in [2.45, 2.75) is 58.7 Å². The van der Waals surface area contributed by atoms with Crippen molar-refractivity contribution < 1.29 is 5.11 Å². The Kier molecular flexibility index (Phi) is 8.76. The van der Waals surface area contributed by atoms with Gasteiger partial charge in [0.1, 0.15) is 5.52 Å². The SMILES string of the molecule is Cc1c(Cc2nccc3cc(CN4CCCC4)cnc23)cccc1-c1cccc(Nc2nccc3cc(CN4CC[C@@H](O)C4)cnc23)c1C. The van der Waals surface area contributed by atoms with E-state index in [9.17, 15) is 5.11 Å². The van der Waals surface area contributed by atoms with Crippen molar-refractivity contribution in [3.05, 3.63) is 119 Å². The Labute approximate surface area is 287 Å². The Morgan fingerprint density at radius 3 is 2.16 bits per heavy atom. The predicted molar refractivity (Wildman–Crippen MR) is 197 cm³/mol. The number of fused-ring (bicyclic) bond motifs is 2. The Morgan fingerprint density at radius 1 is 0.735 bits per heavy atom. The summed E-state index contributed by atoms with van der Waals surface area (Å²) in [5.74, 6) is 0.740. The lowest BCUT2D eigenvalue weighted by molar-refractivity contribution is 0.175. The van der Waals surface area contributed by atoms with Gasteiger partial charge >= 0.3 is 0 Å². The van der Waals surface area contributed by atoms with Gasteiger partial charge in [-0.1, -0.05) is 30.3 Å². The third kappa shape index (κ3) is 6.64. The number of rotatable bonds is 9. The van der Waals surface area contributed by atoms with Gasteiger partial charge in [-0.2, -0.15) is 0 Å². The second-order valence-corrected chi connectivity index (χ2v) is 13.8. The van der Waals surface area contributed by atoms with Crippen molar-refractivity contribution in [2.24, 2.45) is 0 Å². The van der Waals surface area contributed by atoms with Gasteiger partial charge in [0, 0.05) is 73.8 Å². The highest BCUT2D eigenvalue weighted by molar-refractivity contribution is 5.91. The quantitative estimate of drug-likeness (QED) is 0.168. The second-order valence-electron chi connectivity index (χ2n) is 13.8. The molecular formula is C41H43N7O. The summed E-state index contributed by atoms with van der Waals surface area (Å²) in [5, 5.41) is 15.7. The van der Waals surface area contributed by atoms with Crippen LogP contribution in [0.3, 0.4) is 0 Å². The van der Waals surface area contributed by atoms with Crippen LogP contribution in [0.5, 0.6) is 0 Å². The van der Waals surface area contributed by atoms with Crippen LogP contribution in [0.1, 0.15) is 52.8 Å². The number of aliphatic hydroxyl groups is 1. The van der Waals surface area contributed by atoms with E-state index in [2.05, 4.69) is 83.6 Å². The van der Waals surface area contributed by atoms with Gasteiger partial charge in [-0.3, -0.25) is 24.8 Å². The highest BCUT2D eigenvalue weighted by Gasteiger charge is 2.21. The van der Waals surface area contributed by atoms with Crippen molar-refractivity contribution in [1.29, 1.82) is 0 Å². The normalized spacial score (nSPS) is 17.0. The number of aliphatic hydroxyl groups excluding tert-OH is 1. The summed E-state index contributed by atoms with van der Waals surface area (Å²) in [7, 11) is 0. The smallest absolute Gasteiger partial charge is 0.156 e. The van der Waals surface area contributed by atoms with E-state index in [0.29, 0.717) is 0 Å². The van der Waals surface area contributed by atoms with E-state index in [1.165, 1.54) is 53.7 Å². The summed E-state index contributed by atoms with van der Waals surface area (Å²) < 4.78 is 0. The molecule has 49 heavy (non-hydrogen) atoms. The molecule has 2 aromatic carbocycles. The summed E-state index contributed by atoms with van der Waals surface area (Å²) in [4.78, 5) is 24.1. The van der Waals surface area contributed by atoms with E-state index in [1.807, 2.05) is 30.9 Å². The number of benzene rings is 2. The second kappa shape index (κ2) is 13.6. The molecule has 2 aliphatic heterocycles. The maximum atomic E-state index is 9.93. The van der Waals surface area contributed by atoms with E-state index < -0.39 is 0 Å². The number of anilines is 2. The minimum atomic E-state index is -0.227. The molecule has 6 heterocycles. The molecule has 0 unspecified atom stereocenters. The number of likely N-dealkylation sites (tertiary alicyclic amines) is 2. The molecule has 0 aliphatic carbocycles. The molecule has 2 fully saturated rings. The van der Waals surface area contributed by atoms with Crippen LogP contribution in [0.2, 0.25) is 0 Å². The minimum Gasteiger partial charge on any atom is -0.392 e. The lowest BCUT2D eigenvalue weighted by Crippen LogP contribution is -2.21. The number of aromatic nitrogens is 4. The zero-order valence-electron chi connectivity index (χ0n) is 28.4. The van der Waals surface area contributed by atoms with Crippen molar-refractivity contribution in [2.75, 3.05) is 31.5 Å². The Bertz CT molecular complexity index is 2140.